The fraction of sp³-hybridized carbons (Fsp3) is 0.0714. The van der Waals surface area contributed by atoms with E-state index < -0.39 is 0 Å². The van der Waals surface area contributed by atoms with Crippen LogP contribution in [0.25, 0.3) is 22.2 Å². The maximum Gasteiger partial charge on any atom is 0.128 e. The molecule has 0 amide bonds. The van der Waals surface area contributed by atoms with E-state index in [1.165, 1.54) is 0 Å². The molecule has 2 aromatic carbocycles. The molecule has 1 heterocycles. The Morgan fingerprint density at radius 1 is 1.11 bits per heavy atom. The number of rotatable bonds is 2. The number of methoxy groups -OCH3 is 1. The Morgan fingerprint density at radius 3 is 2.78 bits per heavy atom. The van der Waals surface area contributed by atoms with Gasteiger partial charge in [-0.1, -0.05) is 18.2 Å². The van der Waals surface area contributed by atoms with Gasteiger partial charge in [-0.3, -0.25) is 5.10 Å². The van der Waals surface area contributed by atoms with Crippen molar-refractivity contribution in [3.05, 3.63) is 42.5 Å². The van der Waals surface area contributed by atoms with Crippen LogP contribution in [0.2, 0.25) is 0 Å². The summed E-state index contributed by atoms with van der Waals surface area (Å²) in [6, 6.07) is 13.5. The molecule has 0 unspecified atom stereocenters. The number of para-hydroxylation sites is 1. The highest BCUT2D eigenvalue weighted by atomic mass is 16.5. The first-order chi connectivity index (χ1) is 8.81. The number of fused-ring (bicyclic) bond motifs is 1. The van der Waals surface area contributed by atoms with E-state index in [2.05, 4.69) is 10.2 Å². The number of anilines is 1. The molecule has 3 N–H and O–H groups in total. The van der Waals surface area contributed by atoms with Gasteiger partial charge in [-0.15, -0.1) is 0 Å². The van der Waals surface area contributed by atoms with Crippen LogP contribution < -0.4 is 10.5 Å². The van der Waals surface area contributed by atoms with Crippen molar-refractivity contribution >= 4 is 16.6 Å². The van der Waals surface area contributed by atoms with Crippen molar-refractivity contribution < 1.29 is 4.74 Å². The number of ether oxygens (including phenoxy) is 1. The molecule has 0 saturated carbocycles. The Labute approximate surface area is 104 Å². The maximum absolute atomic E-state index is 6.03. The number of nitrogen functional groups attached to an aromatic ring is 1. The summed E-state index contributed by atoms with van der Waals surface area (Å²) >= 11 is 0. The molecular formula is C14H13N3O. The van der Waals surface area contributed by atoms with Gasteiger partial charge in [0, 0.05) is 11.3 Å². The van der Waals surface area contributed by atoms with Crippen LogP contribution in [0.5, 0.6) is 5.75 Å². The number of H-pyrrole nitrogens is 1. The molecule has 0 bridgehead atoms. The van der Waals surface area contributed by atoms with Crippen LogP contribution in [0.1, 0.15) is 0 Å². The molecule has 0 spiro atoms. The lowest BCUT2D eigenvalue weighted by Gasteiger charge is -2.06. The summed E-state index contributed by atoms with van der Waals surface area (Å²) in [5, 5.41) is 8.28. The van der Waals surface area contributed by atoms with Crippen molar-refractivity contribution in [2.24, 2.45) is 0 Å². The molecule has 18 heavy (non-hydrogen) atoms. The second kappa shape index (κ2) is 4.07. The van der Waals surface area contributed by atoms with Crippen LogP contribution in [0.3, 0.4) is 0 Å². The van der Waals surface area contributed by atoms with Gasteiger partial charge < -0.3 is 10.5 Å². The second-order valence-electron chi connectivity index (χ2n) is 4.04. The van der Waals surface area contributed by atoms with E-state index in [-0.39, 0.29) is 0 Å². The van der Waals surface area contributed by atoms with E-state index in [4.69, 9.17) is 10.5 Å². The largest absolute Gasteiger partial charge is 0.496 e. The lowest BCUT2D eigenvalue weighted by molar-refractivity contribution is 0.416. The van der Waals surface area contributed by atoms with Crippen LogP contribution in [0.15, 0.2) is 42.5 Å². The van der Waals surface area contributed by atoms with Gasteiger partial charge in [0.05, 0.1) is 18.0 Å². The Bertz CT molecular complexity index is 703. The third-order valence-corrected chi connectivity index (χ3v) is 2.98. The Morgan fingerprint density at radius 2 is 1.94 bits per heavy atom. The SMILES string of the molecule is COc1ccccc1-c1n[nH]c2cccc(N)c12. The van der Waals surface area contributed by atoms with Crippen LogP contribution in [-0.4, -0.2) is 17.3 Å². The van der Waals surface area contributed by atoms with Crippen LogP contribution in [-0.2, 0) is 0 Å². The molecule has 0 saturated heterocycles. The Hall–Kier alpha value is -2.49. The number of aromatic nitrogens is 2. The number of aromatic amines is 1. The standard InChI is InChI=1S/C14H13N3O/c1-18-12-8-3-2-5-9(12)14-13-10(15)6-4-7-11(13)16-17-14/h2-8H,15H2,1H3,(H,16,17). The zero-order valence-corrected chi connectivity index (χ0v) is 9.97. The highest BCUT2D eigenvalue weighted by molar-refractivity contribution is 6.02. The molecule has 3 rings (SSSR count). The van der Waals surface area contributed by atoms with Gasteiger partial charge in [-0.2, -0.15) is 5.10 Å². The highest BCUT2D eigenvalue weighted by Gasteiger charge is 2.13. The van der Waals surface area contributed by atoms with Crippen LogP contribution in [0.4, 0.5) is 5.69 Å². The molecular weight excluding hydrogens is 226 g/mol. The molecule has 0 aliphatic rings. The monoisotopic (exact) mass is 239 g/mol. The van der Waals surface area contributed by atoms with E-state index in [1.54, 1.807) is 7.11 Å². The number of benzene rings is 2. The molecule has 0 aliphatic carbocycles. The van der Waals surface area contributed by atoms with Gasteiger partial charge in [-0.25, -0.2) is 0 Å². The molecule has 0 atom stereocenters. The summed E-state index contributed by atoms with van der Waals surface area (Å²) in [4.78, 5) is 0. The van der Waals surface area contributed by atoms with Crippen molar-refractivity contribution in [2.45, 2.75) is 0 Å². The predicted octanol–water partition coefficient (Wildman–Crippen LogP) is 2.82. The third-order valence-electron chi connectivity index (χ3n) is 2.98. The molecule has 3 aromatic rings. The minimum absolute atomic E-state index is 0.710. The summed E-state index contributed by atoms with van der Waals surface area (Å²) in [6.07, 6.45) is 0. The molecule has 0 fully saturated rings. The van der Waals surface area contributed by atoms with Gasteiger partial charge in [0.25, 0.3) is 0 Å². The van der Waals surface area contributed by atoms with Crippen molar-refractivity contribution in [3.8, 4) is 17.0 Å². The molecule has 1 aromatic heterocycles. The van der Waals surface area contributed by atoms with Crippen LogP contribution >= 0.6 is 0 Å². The molecule has 4 nitrogen and oxygen atoms in total. The number of nitrogens with two attached hydrogens (primary N) is 1. The van der Waals surface area contributed by atoms with Crippen molar-refractivity contribution in [1.82, 2.24) is 10.2 Å². The smallest absolute Gasteiger partial charge is 0.128 e. The zero-order valence-electron chi connectivity index (χ0n) is 9.97. The highest BCUT2D eigenvalue weighted by Crippen LogP contribution is 2.35. The van der Waals surface area contributed by atoms with Crippen molar-refractivity contribution in [2.75, 3.05) is 12.8 Å². The summed E-state index contributed by atoms with van der Waals surface area (Å²) in [5.74, 6) is 0.786. The maximum atomic E-state index is 6.03. The zero-order chi connectivity index (χ0) is 12.5. The third kappa shape index (κ3) is 1.50. The second-order valence-corrected chi connectivity index (χ2v) is 4.04. The van der Waals surface area contributed by atoms with E-state index in [9.17, 15) is 0 Å². The summed E-state index contributed by atoms with van der Waals surface area (Å²) in [7, 11) is 1.65. The normalized spacial score (nSPS) is 10.7. The van der Waals surface area contributed by atoms with Gasteiger partial charge >= 0.3 is 0 Å². The summed E-state index contributed by atoms with van der Waals surface area (Å²) < 4.78 is 5.36. The first-order valence-electron chi connectivity index (χ1n) is 5.67. The molecule has 4 heteroatoms. The average molecular weight is 239 g/mol. The van der Waals surface area contributed by atoms with E-state index >= 15 is 0 Å². The van der Waals surface area contributed by atoms with Crippen molar-refractivity contribution in [1.29, 1.82) is 0 Å². The number of nitrogens with zero attached hydrogens (tertiary/aromatic N) is 1. The molecule has 0 aliphatic heterocycles. The molecule has 90 valence electrons. The fourth-order valence-electron chi connectivity index (χ4n) is 2.13. The number of hydrogen-bond acceptors (Lipinski definition) is 3. The lowest BCUT2D eigenvalue weighted by Crippen LogP contribution is -1.90. The minimum Gasteiger partial charge on any atom is -0.496 e. The van der Waals surface area contributed by atoms with E-state index in [0.29, 0.717) is 5.69 Å². The quantitative estimate of drug-likeness (QED) is 0.676. The van der Waals surface area contributed by atoms with E-state index in [1.807, 2.05) is 42.5 Å². The molecule has 0 radical (unpaired) electrons. The van der Waals surface area contributed by atoms with Crippen molar-refractivity contribution in [3.63, 3.8) is 0 Å². The fourth-order valence-corrected chi connectivity index (χ4v) is 2.13. The Balaban J connectivity index is 2.32. The van der Waals surface area contributed by atoms with Gasteiger partial charge in [0.1, 0.15) is 11.4 Å². The number of hydrogen-bond donors (Lipinski definition) is 2. The average Bonchev–Trinajstić information content (AvgIpc) is 2.84. The van der Waals surface area contributed by atoms with Crippen LogP contribution in [0, 0.1) is 0 Å². The predicted molar refractivity (Wildman–Crippen MR) is 72.5 cm³/mol. The van der Waals surface area contributed by atoms with Gasteiger partial charge in [0.2, 0.25) is 0 Å². The van der Waals surface area contributed by atoms with Gasteiger partial charge in [0.15, 0.2) is 0 Å². The topological polar surface area (TPSA) is 63.9 Å². The Kier molecular flexibility index (Phi) is 2.41. The first-order valence-corrected chi connectivity index (χ1v) is 5.67. The number of nitrogens with one attached hydrogen (secondary N) is 1. The summed E-state index contributed by atoms with van der Waals surface area (Å²) in [5.41, 5.74) is 9.42. The lowest BCUT2D eigenvalue weighted by atomic mass is 10.1. The van der Waals surface area contributed by atoms with Gasteiger partial charge in [-0.05, 0) is 24.3 Å². The first kappa shape index (κ1) is 10.7. The summed E-state index contributed by atoms with van der Waals surface area (Å²) in [6.45, 7) is 0. The van der Waals surface area contributed by atoms with E-state index in [0.717, 1.165) is 27.9 Å². The minimum atomic E-state index is 0.710.